The van der Waals surface area contributed by atoms with Gasteiger partial charge in [-0.2, -0.15) is 5.10 Å². The van der Waals surface area contributed by atoms with Gasteiger partial charge in [0.2, 0.25) is 11.8 Å². The van der Waals surface area contributed by atoms with Crippen molar-refractivity contribution in [1.29, 1.82) is 0 Å². The van der Waals surface area contributed by atoms with Gasteiger partial charge in [-0.05, 0) is 32.0 Å². The van der Waals surface area contributed by atoms with Crippen molar-refractivity contribution in [3.05, 3.63) is 17.5 Å². The van der Waals surface area contributed by atoms with E-state index in [2.05, 4.69) is 10.00 Å². The summed E-state index contributed by atoms with van der Waals surface area (Å²) >= 11 is 0. The first-order chi connectivity index (χ1) is 12.9. The van der Waals surface area contributed by atoms with Crippen LogP contribution in [0.5, 0.6) is 0 Å². The average molecular weight is 377 g/mol. The molecule has 8 heteroatoms. The van der Waals surface area contributed by atoms with Crippen molar-refractivity contribution >= 4 is 11.8 Å². The standard InChI is InChI=1S/C19H31N5O3/c1-21(2)18(26)12-17(25)16-11-15-13-23(9-10-24(15)20-16)19(27)14-22-7-5-3-4-6-8-22/h11,17,25H,3-10,12-14H2,1-2H3/t17-/m0/s1. The summed E-state index contributed by atoms with van der Waals surface area (Å²) in [7, 11) is 3.34. The number of nitrogens with zero attached hydrogens (tertiary/aromatic N) is 5. The molecule has 0 aromatic carbocycles. The number of hydrogen-bond acceptors (Lipinski definition) is 5. The van der Waals surface area contributed by atoms with Crippen molar-refractivity contribution < 1.29 is 14.7 Å². The van der Waals surface area contributed by atoms with Crippen LogP contribution in [0.2, 0.25) is 0 Å². The van der Waals surface area contributed by atoms with Crippen LogP contribution in [0.1, 0.15) is 49.6 Å². The number of rotatable bonds is 5. The smallest absolute Gasteiger partial charge is 0.237 e. The summed E-state index contributed by atoms with van der Waals surface area (Å²) in [6.07, 6.45) is 3.96. The highest BCUT2D eigenvalue weighted by atomic mass is 16.3. The van der Waals surface area contributed by atoms with Crippen LogP contribution in [0.15, 0.2) is 6.07 Å². The molecule has 1 fully saturated rings. The summed E-state index contributed by atoms with van der Waals surface area (Å²) < 4.78 is 1.84. The van der Waals surface area contributed by atoms with Crippen LogP contribution >= 0.6 is 0 Å². The van der Waals surface area contributed by atoms with Gasteiger partial charge >= 0.3 is 0 Å². The van der Waals surface area contributed by atoms with Crippen molar-refractivity contribution in [3.8, 4) is 0 Å². The minimum atomic E-state index is -0.917. The fourth-order valence-corrected chi connectivity index (χ4v) is 3.70. The third-order valence-corrected chi connectivity index (χ3v) is 5.44. The zero-order chi connectivity index (χ0) is 19.4. The summed E-state index contributed by atoms with van der Waals surface area (Å²) in [5.74, 6) is 0.0250. The Morgan fingerprint density at radius 3 is 2.52 bits per heavy atom. The van der Waals surface area contributed by atoms with E-state index in [4.69, 9.17) is 0 Å². The molecule has 0 aliphatic carbocycles. The Balaban J connectivity index is 1.58. The van der Waals surface area contributed by atoms with E-state index in [0.717, 1.165) is 18.8 Å². The Bertz CT molecular complexity index is 664. The molecular formula is C19H31N5O3. The second-order valence-electron chi connectivity index (χ2n) is 7.80. The number of aromatic nitrogens is 2. The molecule has 0 radical (unpaired) electrons. The first-order valence-electron chi connectivity index (χ1n) is 9.89. The summed E-state index contributed by atoms with van der Waals surface area (Å²) in [5.41, 5.74) is 1.42. The fraction of sp³-hybridized carbons (Fsp3) is 0.737. The molecule has 1 aromatic rings. The van der Waals surface area contributed by atoms with E-state index < -0.39 is 6.10 Å². The van der Waals surface area contributed by atoms with Crippen molar-refractivity contribution in [3.63, 3.8) is 0 Å². The Morgan fingerprint density at radius 1 is 1.15 bits per heavy atom. The van der Waals surface area contributed by atoms with Crippen molar-refractivity contribution in [2.45, 2.75) is 51.3 Å². The zero-order valence-electron chi connectivity index (χ0n) is 16.4. The SMILES string of the molecule is CN(C)C(=O)C[C@H](O)c1cc2n(n1)CCN(C(=O)CN1CCCCCC1)C2. The van der Waals surface area contributed by atoms with Crippen LogP contribution in [-0.4, -0.2) is 81.7 Å². The van der Waals surface area contributed by atoms with Crippen LogP contribution in [-0.2, 0) is 22.7 Å². The topological polar surface area (TPSA) is 81.9 Å². The predicted molar refractivity (Wildman–Crippen MR) is 101 cm³/mol. The maximum atomic E-state index is 12.7. The third-order valence-electron chi connectivity index (χ3n) is 5.44. The van der Waals surface area contributed by atoms with Crippen molar-refractivity contribution in [2.75, 3.05) is 40.3 Å². The van der Waals surface area contributed by atoms with E-state index in [-0.39, 0.29) is 18.2 Å². The van der Waals surface area contributed by atoms with Crippen LogP contribution in [0, 0.1) is 0 Å². The monoisotopic (exact) mass is 377 g/mol. The van der Waals surface area contributed by atoms with Gasteiger partial charge in [-0.1, -0.05) is 12.8 Å². The Hall–Kier alpha value is -1.93. The number of aliphatic hydroxyl groups is 1. The van der Waals surface area contributed by atoms with Crippen LogP contribution in [0.4, 0.5) is 0 Å². The highest BCUT2D eigenvalue weighted by Gasteiger charge is 2.26. The molecule has 0 saturated carbocycles. The average Bonchev–Trinajstić information content (AvgIpc) is 2.91. The highest BCUT2D eigenvalue weighted by molar-refractivity contribution is 5.78. The Morgan fingerprint density at radius 2 is 1.85 bits per heavy atom. The molecule has 27 heavy (non-hydrogen) atoms. The van der Waals surface area contributed by atoms with Gasteiger partial charge in [-0.25, -0.2) is 0 Å². The highest BCUT2D eigenvalue weighted by Crippen LogP contribution is 2.21. The zero-order valence-corrected chi connectivity index (χ0v) is 16.4. The lowest BCUT2D eigenvalue weighted by Gasteiger charge is -2.30. The predicted octanol–water partition coefficient (Wildman–Crippen LogP) is 0.613. The number of amides is 2. The summed E-state index contributed by atoms with van der Waals surface area (Å²) in [6.45, 7) is 4.26. The van der Waals surface area contributed by atoms with Gasteiger partial charge < -0.3 is 14.9 Å². The van der Waals surface area contributed by atoms with Gasteiger partial charge in [0.15, 0.2) is 0 Å². The minimum Gasteiger partial charge on any atom is -0.386 e. The van der Waals surface area contributed by atoms with E-state index >= 15 is 0 Å². The molecule has 3 heterocycles. The van der Waals surface area contributed by atoms with E-state index in [0.29, 0.717) is 31.9 Å². The number of carbonyl (C=O) groups is 2. The second-order valence-corrected chi connectivity index (χ2v) is 7.80. The maximum Gasteiger partial charge on any atom is 0.237 e. The molecule has 1 N–H and O–H groups in total. The summed E-state index contributed by atoms with van der Waals surface area (Å²) in [6, 6.07) is 1.82. The molecule has 2 aliphatic heterocycles. The first-order valence-corrected chi connectivity index (χ1v) is 9.89. The van der Waals surface area contributed by atoms with Crippen molar-refractivity contribution in [1.82, 2.24) is 24.5 Å². The largest absolute Gasteiger partial charge is 0.386 e. The normalized spacial score (nSPS) is 19.3. The maximum absolute atomic E-state index is 12.7. The number of aliphatic hydroxyl groups excluding tert-OH is 1. The lowest BCUT2D eigenvalue weighted by atomic mass is 10.1. The van der Waals surface area contributed by atoms with E-state index in [1.54, 1.807) is 14.1 Å². The Kier molecular flexibility index (Phi) is 6.49. The molecule has 1 saturated heterocycles. The van der Waals surface area contributed by atoms with E-state index in [1.807, 2.05) is 15.6 Å². The van der Waals surface area contributed by atoms with Crippen LogP contribution in [0.25, 0.3) is 0 Å². The number of hydrogen-bond donors (Lipinski definition) is 1. The van der Waals surface area contributed by atoms with E-state index in [9.17, 15) is 14.7 Å². The molecule has 2 aliphatic rings. The first kappa shape index (κ1) is 19.8. The fourth-order valence-electron chi connectivity index (χ4n) is 3.70. The quantitative estimate of drug-likeness (QED) is 0.813. The van der Waals surface area contributed by atoms with Gasteiger partial charge in [-0.15, -0.1) is 0 Å². The molecule has 0 unspecified atom stereocenters. The van der Waals surface area contributed by atoms with Gasteiger partial charge in [0.05, 0.1) is 37.4 Å². The molecule has 2 amide bonds. The number of fused-ring (bicyclic) bond motifs is 1. The number of likely N-dealkylation sites (tertiary alicyclic amines) is 1. The molecule has 8 nitrogen and oxygen atoms in total. The van der Waals surface area contributed by atoms with Crippen LogP contribution < -0.4 is 0 Å². The molecular weight excluding hydrogens is 346 g/mol. The summed E-state index contributed by atoms with van der Waals surface area (Å²) in [4.78, 5) is 30.1. The minimum absolute atomic E-state index is 0.0149. The van der Waals surface area contributed by atoms with Gasteiger partial charge in [0.1, 0.15) is 6.10 Å². The Labute approximate surface area is 160 Å². The van der Waals surface area contributed by atoms with Gasteiger partial charge in [0.25, 0.3) is 0 Å². The third kappa shape index (κ3) is 5.07. The summed E-state index contributed by atoms with van der Waals surface area (Å²) in [5, 5.41) is 14.7. The molecule has 1 aromatic heterocycles. The van der Waals surface area contributed by atoms with Crippen molar-refractivity contribution in [2.24, 2.45) is 0 Å². The lowest BCUT2D eigenvalue weighted by molar-refractivity contribution is -0.134. The molecule has 0 spiro atoms. The van der Waals surface area contributed by atoms with E-state index in [1.165, 1.54) is 30.6 Å². The lowest BCUT2D eigenvalue weighted by Crippen LogP contribution is -2.44. The van der Waals surface area contributed by atoms with Gasteiger partial charge in [-0.3, -0.25) is 19.2 Å². The number of carbonyl (C=O) groups excluding carboxylic acids is 2. The molecule has 3 rings (SSSR count). The van der Waals surface area contributed by atoms with Crippen LogP contribution in [0.3, 0.4) is 0 Å². The molecule has 1 atom stereocenters. The molecule has 150 valence electrons. The molecule has 0 bridgehead atoms. The second kappa shape index (κ2) is 8.84. The van der Waals surface area contributed by atoms with Gasteiger partial charge in [0, 0.05) is 20.6 Å².